The van der Waals surface area contributed by atoms with E-state index in [1.54, 1.807) is 0 Å². The van der Waals surface area contributed by atoms with Crippen LogP contribution in [0.4, 0.5) is 0 Å². The van der Waals surface area contributed by atoms with E-state index in [0.717, 1.165) is 22.3 Å². The summed E-state index contributed by atoms with van der Waals surface area (Å²) in [6.07, 6.45) is 0. The number of nitrogens with zero attached hydrogens (tertiary/aromatic N) is 2. The topological polar surface area (TPSA) is 8.72 Å². The third-order valence-electron chi connectivity index (χ3n) is 4.82. The number of hydrogen-bond donors (Lipinski definition) is 0. The Kier molecular flexibility index (Phi) is 9.24. The van der Waals surface area contributed by atoms with Gasteiger partial charge in [0.25, 0.3) is 0 Å². The fraction of sp³-hybridized carbons (Fsp3) is 0.0714. The van der Waals surface area contributed by atoms with Crippen molar-refractivity contribution >= 4 is 25.3 Å². The van der Waals surface area contributed by atoms with E-state index < -0.39 is 0 Å². The quantitative estimate of drug-likeness (QED) is 0.239. The molecule has 4 aromatic carbocycles. The van der Waals surface area contributed by atoms with Gasteiger partial charge in [0.15, 0.2) is 0 Å². The van der Waals surface area contributed by atoms with Gasteiger partial charge in [0.05, 0.1) is 0 Å². The van der Waals surface area contributed by atoms with E-state index in [1.807, 2.05) is 121 Å². The molecule has 0 fully saturated rings. The van der Waals surface area contributed by atoms with Gasteiger partial charge >= 0.3 is 12.1 Å². The summed E-state index contributed by atoms with van der Waals surface area (Å²) in [5.41, 5.74) is 4.52. The van der Waals surface area contributed by atoms with E-state index in [2.05, 4.69) is 20.5 Å². The highest BCUT2D eigenvalue weighted by Gasteiger charge is 2.21. The first-order valence-corrected chi connectivity index (χ1v) is 11.0. The van der Waals surface area contributed by atoms with E-state index in [1.165, 1.54) is 0 Å². The van der Waals surface area contributed by atoms with Crippen LogP contribution in [0.15, 0.2) is 121 Å². The van der Waals surface area contributed by atoms with Crippen molar-refractivity contribution in [3.8, 4) is 10.8 Å². The molecular formula is C28H22N2S2. The molecule has 0 heterocycles. The smallest absolute Gasteiger partial charge is 0.320 e. The number of thiocyanates is 2. The van der Waals surface area contributed by atoms with E-state index in [0.29, 0.717) is 0 Å². The molecule has 0 atom stereocenters. The Bertz CT molecular complexity index is 1010. The molecule has 4 aromatic rings. The minimum atomic E-state index is -0.0418. The summed E-state index contributed by atoms with van der Waals surface area (Å²) in [5, 5.41) is 4.95. The van der Waals surface area contributed by atoms with Crippen LogP contribution in [0.1, 0.15) is 34.3 Å². The van der Waals surface area contributed by atoms with Crippen LogP contribution in [0.5, 0.6) is 0 Å². The third-order valence-corrected chi connectivity index (χ3v) is 5.04. The Labute approximate surface area is 201 Å². The highest BCUT2D eigenvalue weighted by Crippen LogP contribution is 2.26. The molecule has 0 aromatic heterocycles. The van der Waals surface area contributed by atoms with Gasteiger partial charge in [0.2, 0.25) is 0 Å². The monoisotopic (exact) mass is 450 g/mol. The number of benzene rings is 4. The molecule has 0 amide bonds. The van der Waals surface area contributed by atoms with Crippen LogP contribution in [-0.2, 0) is 25.3 Å². The highest BCUT2D eigenvalue weighted by atomic mass is 32.1. The molecule has 0 aliphatic heterocycles. The van der Waals surface area contributed by atoms with Crippen molar-refractivity contribution < 1.29 is 0 Å². The van der Waals surface area contributed by atoms with Gasteiger partial charge in [-0.25, -0.2) is 0 Å². The summed E-state index contributed by atoms with van der Waals surface area (Å²) in [5.74, 6) is 0. The van der Waals surface area contributed by atoms with Crippen LogP contribution in [0, 0.1) is 10.8 Å². The van der Waals surface area contributed by atoms with E-state index >= 15 is 0 Å². The second-order valence-electron chi connectivity index (χ2n) is 6.89. The highest BCUT2D eigenvalue weighted by molar-refractivity contribution is 7.64. The molecule has 0 saturated heterocycles. The van der Waals surface area contributed by atoms with E-state index in [9.17, 15) is 0 Å². The van der Waals surface area contributed by atoms with Crippen LogP contribution >= 0.6 is 0 Å². The van der Waals surface area contributed by atoms with Gasteiger partial charge < -0.3 is 25.3 Å². The lowest BCUT2D eigenvalue weighted by Crippen LogP contribution is -1.95. The third kappa shape index (κ3) is 6.65. The molecule has 32 heavy (non-hydrogen) atoms. The van der Waals surface area contributed by atoms with Crippen LogP contribution in [-0.4, -0.2) is 0 Å². The summed E-state index contributed by atoms with van der Waals surface area (Å²) in [6, 6.07) is 40.3. The summed E-state index contributed by atoms with van der Waals surface area (Å²) >= 11 is 9.42. The maximum atomic E-state index is 4.71. The zero-order valence-corrected chi connectivity index (χ0v) is 19.0. The molecule has 4 rings (SSSR count). The fourth-order valence-electron chi connectivity index (χ4n) is 3.33. The average molecular weight is 451 g/mol. The van der Waals surface area contributed by atoms with Gasteiger partial charge in [-0.15, -0.1) is 0 Å². The molecule has 0 bridgehead atoms. The van der Waals surface area contributed by atoms with Crippen LogP contribution < -0.4 is 0 Å². The minimum Gasteiger partial charge on any atom is -0.643 e. The molecule has 0 radical (unpaired) electrons. The Balaban J connectivity index is 0.000000181. The predicted molar refractivity (Wildman–Crippen MR) is 139 cm³/mol. The first kappa shape index (κ1) is 23.0. The molecule has 0 saturated carbocycles. The lowest BCUT2D eigenvalue weighted by Gasteiger charge is -2.02. The predicted octanol–water partition coefficient (Wildman–Crippen LogP) is 7.23. The summed E-state index contributed by atoms with van der Waals surface area (Å²) in [6.45, 7) is 0. The molecule has 0 aliphatic carbocycles. The molecule has 0 unspecified atom stereocenters. The van der Waals surface area contributed by atoms with Crippen molar-refractivity contribution in [2.24, 2.45) is 0 Å². The molecule has 4 heteroatoms. The van der Waals surface area contributed by atoms with E-state index in [-0.39, 0.29) is 12.1 Å². The second-order valence-corrected chi connectivity index (χ2v) is 7.25. The van der Waals surface area contributed by atoms with Crippen molar-refractivity contribution in [3.63, 3.8) is 0 Å². The van der Waals surface area contributed by atoms with Gasteiger partial charge in [0.1, 0.15) is 10.8 Å². The molecule has 0 spiro atoms. The summed E-state index contributed by atoms with van der Waals surface area (Å²) in [4.78, 5) is 8.46. The van der Waals surface area contributed by atoms with Gasteiger partial charge in [0, 0.05) is 22.3 Å². The zero-order valence-electron chi connectivity index (χ0n) is 17.4. The lowest BCUT2D eigenvalue weighted by atomic mass is 10.00. The Morgan fingerprint density at radius 3 is 0.812 bits per heavy atom. The normalized spacial score (nSPS) is 9.56. The number of hydrogen-bond acceptors (Lipinski definition) is 2. The molecule has 0 aliphatic rings. The van der Waals surface area contributed by atoms with E-state index in [4.69, 9.17) is 25.3 Å². The Morgan fingerprint density at radius 1 is 0.406 bits per heavy atom. The van der Waals surface area contributed by atoms with Crippen LogP contribution in [0.25, 0.3) is 9.69 Å². The van der Waals surface area contributed by atoms with Crippen LogP contribution in [0.2, 0.25) is 0 Å². The molecule has 0 N–H and O–H groups in total. The minimum absolute atomic E-state index is 0.0418. The van der Waals surface area contributed by atoms with Crippen molar-refractivity contribution in [2.45, 2.75) is 12.1 Å². The first-order chi connectivity index (χ1) is 15.8. The first-order valence-electron chi connectivity index (χ1n) is 10.2. The van der Waals surface area contributed by atoms with Gasteiger partial charge in [-0.1, -0.05) is 131 Å². The number of rotatable bonds is 4. The summed E-state index contributed by atoms with van der Waals surface area (Å²) < 4.78 is 0. The van der Waals surface area contributed by atoms with Crippen molar-refractivity contribution in [1.29, 1.82) is 0 Å². The SMILES string of the molecule is [S-]C#[N+]C(c1ccccc1)c1ccccc1.[S-]C#[N+]C(c1ccccc1)c1ccccc1. The lowest BCUT2D eigenvalue weighted by molar-refractivity contribution is 1.02. The van der Waals surface area contributed by atoms with Crippen molar-refractivity contribution in [3.05, 3.63) is 153 Å². The fourth-order valence-corrected chi connectivity index (χ4v) is 3.54. The summed E-state index contributed by atoms with van der Waals surface area (Å²) in [7, 11) is 0. The zero-order chi connectivity index (χ0) is 22.4. The molecular weight excluding hydrogens is 428 g/mol. The van der Waals surface area contributed by atoms with Crippen LogP contribution in [0.3, 0.4) is 0 Å². The van der Waals surface area contributed by atoms with Gasteiger partial charge in [-0.2, -0.15) is 0 Å². The van der Waals surface area contributed by atoms with Crippen molar-refractivity contribution in [2.75, 3.05) is 0 Å². The Morgan fingerprint density at radius 2 is 0.625 bits per heavy atom. The van der Waals surface area contributed by atoms with Gasteiger partial charge in [-0.05, 0) is 0 Å². The molecule has 2 nitrogen and oxygen atoms in total. The molecule has 156 valence electrons. The van der Waals surface area contributed by atoms with Crippen molar-refractivity contribution in [1.82, 2.24) is 0 Å². The average Bonchev–Trinajstić information content (AvgIpc) is 2.88. The standard InChI is InChI=1S/2C14H11NS/c2*16-11-15-14(12-7-3-1-4-8-12)13-9-5-2-6-10-13/h2*1-10,14H. The second kappa shape index (κ2) is 12.9. The maximum Gasteiger partial charge on any atom is 0.320 e. The van der Waals surface area contributed by atoms with Gasteiger partial charge in [-0.3, -0.25) is 0 Å². The maximum absolute atomic E-state index is 4.71. The largest absolute Gasteiger partial charge is 0.643 e. The Hall–Kier alpha value is -3.70.